The van der Waals surface area contributed by atoms with Crippen LogP contribution in [-0.2, 0) is 19.6 Å². The second-order valence-corrected chi connectivity index (χ2v) is 9.07. The second kappa shape index (κ2) is 10.2. The minimum atomic E-state index is -3.49. The standard InChI is InChI=1S/C19H31N3O4S/c1-4-21-10-12-22(13-11-21)27(24,25)18-7-5-17(6-8-18)20-19(23)9-14-26-15-16(2)3/h5-8,16H,4,9-15H2,1-3H3,(H,20,23). The van der Waals surface area contributed by atoms with Crippen molar-refractivity contribution in [1.29, 1.82) is 0 Å². The lowest BCUT2D eigenvalue weighted by atomic mass is 10.2. The number of hydrogen-bond acceptors (Lipinski definition) is 5. The van der Waals surface area contributed by atoms with Gasteiger partial charge in [0.15, 0.2) is 0 Å². The highest BCUT2D eigenvalue weighted by atomic mass is 32.2. The normalized spacial score (nSPS) is 16.6. The van der Waals surface area contributed by atoms with E-state index in [2.05, 4.69) is 31.0 Å². The minimum absolute atomic E-state index is 0.148. The molecule has 0 atom stereocenters. The SMILES string of the molecule is CCN1CCN(S(=O)(=O)c2ccc(NC(=O)CCOCC(C)C)cc2)CC1. The van der Waals surface area contributed by atoms with Crippen LogP contribution in [0.2, 0.25) is 0 Å². The summed E-state index contributed by atoms with van der Waals surface area (Å²) in [5.41, 5.74) is 0.582. The van der Waals surface area contributed by atoms with Crippen molar-refractivity contribution in [1.82, 2.24) is 9.21 Å². The lowest BCUT2D eigenvalue weighted by Crippen LogP contribution is -2.48. The molecule has 1 aliphatic rings. The largest absolute Gasteiger partial charge is 0.381 e. The number of sulfonamides is 1. The van der Waals surface area contributed by atoms with Crippen LogP contribution in [0.4, 0.5) is 5.69 Å². The fraction of sp³-hybridized carbons (Fsp3) is 0.632. The third-order valence-corrected chi connectivity index (χ3v) is 6.39. The zero-order valence-electron chi connectivity index (χ0n) is 16.5. The summed E-state index contributed by atoms with van der Waals surface area (Å²) in [6.07, 6.45) is 0.272. The molecule has 1 fully saturated rings. The van der Waals surface area contributed by atoms with Gasteiger partial charge >= 0.3 is 0 Å². The lowest BCUT2D eigenvalue weighted by molar-refractivity contribution is -0.117. The number of anilines is 1. The average Bonchev–Trinajstić information content (AvgIpc) is 2.65. The van der Waals surface area contributed by atoms with Crippen molar-refractivity contribution in [3.8, 4) is 0 Å². The van der Waals surface area contributed by atoms with Gasteiger partial charge in [0, 0.05) is 38.5 Å². The quantitative estimate of drug-likeness (QED) is 0.645. The first-order valence-electron chi connectivity index (χ1n) is 9.53. The molecule has 1 aromatic carbocycles. The minimum Gasteiger partial charge on any atom is -0.381 e. The number of rotatable bonds is 9. The molecule has 0 saturated carbocycles. The van der Waals surface area contributed by atoms with Crippen molar-refractivity contribution in [2.75, 3.05) is 51.3 Å². The molecule has 1 aromatic rings. The molecule has 1 amide bonds. The number of ether oxygens (including phenoxy) is 1. The molecule has 1 saturated heterocycles. The number of carbonyl (C=O) groups excluding carboxylic acids is 1. The van der Waals surface area contributed by atoms with Crippen molar-refractivity contribution in [2.24, 2.45) is 5.92 Å². The number of carbonyl (C=O) groups is 1. The summed E-state index contributed by atoms with van der Waals surface area (Å²) in [5, 5.41) is 2.77. The van der Waals surface area contributed by atoms with E-state index in [4.69, 9.17) is 4.74 Å². The number of amides is 1. The molecule has 0 radical (unpaired) electrons. The number of likely N-dealkylation sites (N-methyl/N-ethyl adjacent to an activating group) is 1. The van der Waals surface area contributed by atoms with Crippen molar-refractivity contribution in [2.45, 2.75) is 32.1 Å². The van der Waals surface area contributed by atoms with Crippen molar-refractivity contribution in [3.63, 3.8) is 0 Å². The second-order valence-electron chi connectivity index (χ2n) is 7.13. The van der Waals surface area contributed by atoms with Crippen LogP contribution < -0.4 is 5.32 Å². The first kappa shape index (κ1) is 21.8. The molecule has 0 unspecified atom stereocenters. The number of piperazine rings is 1. The zero-order chi connectivity index (χ0) is 19.9. The molecule has 1 N–H and O–H groups in total. The van der Waals surface area contributed by atoms with Crippen LogP contribution in [0.15, 0.2) is 29.2 Å². The van der Waals surface area contributed by atoms with Crippen LogP contribution in [0.5, 0.6) is 0 Å². The topological polar surface area (TPSA) is 79.0 Å². The smallest absolute Gasteiger partial charge is 0.243 e. The summed E-state index contributed by atoms with van der Waals surface area (Å²) in [4.78, 5) is 14.4. The van der Waals surface area contributed by atoms with Gasteiger partial charge in [-0.25, -0.2) is 8.42 Å². The average molecular weight is 398 g/mol. The van der Waals surface area contributed by atoms with Crippen LogP contribution in [0, 0.1) is 5.92 Å². The number of nitrogens with one attached hydrogen (secondary N) is 1. The Morgan fingerprint density at radius 2 is 1.78 bits per heavy atom. The number of benzene rings is 1. The van der Waals surface area contributed by atoms with Gasteiger partial charge in [0.2, 0.25) is 15.9 Å². The van der Waals surface area contributed by atoms with Gasteiger partial charge in [0.1, 0.15) is 0 Å². The highest BCUT2D eigenvalue weighted by Crippen LogP contribution is 2.20. The molecule has 0 aliphatic carbocycles. The maximum absolute atomic E-state index is 12.7. The zero-order valence-corrected chi connectivity index (χ0v) is 17.3. The molecule has 1 aliphatic heterocycles. The van der Waals surface area contributed by atoms with E-state index in [0.29, 0.717) is 37.9 Å². The highest BCUT2D eigenvalue weighted by Gasteiger charge is 2.27. The van der Waals surface area contributed by atoms with Crippen LogP contribution in [0.1, 0.15) is 27.2 Å². The third-order valence-electron chi connectivity index (χ3n) is 4.48. The maximum atomic E-state index is 12.7. The molecule has 152 valence electrons. The van der Waals surface area contributed by atoms with Crippen molar-refractivity contribution < 1.29 is 17.9 Å². The summed E-state index contributed by atoms with van der Waals surface area (Å²) >= 11 is 0. The Hall–Kier alpha value is -1.48. The summed E-state index contributed by atoms with van der Waals surface area (Å²) in [6.45, 7) is 10.6. The van der Waals surface area contributed by atoms with Gasteiger partial charge in [-0.1, -0.05) is 20.8 Å². The fourth-order valence-electron chi connectivity index (χ4n) is 2.85. The van der Waals surface area contributed by atoms with E-state index >= 15 is 0 Å². The Labute approximate surface area is 162 Å². The van der Waals surface area contributed by atoms with Crippen LogP contribution in [0.3, 0.4) is 0 Å². The molecule has 2 rings (SSSR count). The fourth-order valence-corrected chi connectivity index (χ4v) is 4.27. The first-order chi connectivity index (χ1) is 12.8. The molecule has 0 aromatic heterocycles. The predicted octanol–water partition coefficient (Wildman–Crippen LogP) is 2.01. The van der Waals surface area contributed by atoms with Gasteiger partial charge in [-0.2, -0.15) is 4.31 Å². The van der Waals surface area contributed by atoms with Gasteiger partial charge in [0.05, 0.1) is 17.9 Å². The van der Waals surface area contributed by atoms with Crippen molar-refractivity contribution in [3.05, 3.63) is 24.3 Å². The van der Waals surface area contributed by atoms with E-state index in [1.54, 1.807) is 24.3 Å². The Morgan fingerprint density at radius 3 is 2.33 bits per heavy atom. The summed E-state index contributed by atoms with van der Waals surface area (Å²) in [7, 11) is -3.49. The van der Waals surface area contributed by atoms with E-state index in [1.165, 1.54) is 4.31 Å². The van der Waals surface area contributed by atoms with E-state index in [0.717, 1.165) is 19.6 Å². The molecule has 8 heteroatoms. The number of nitrogens with zero attached hydrogens (tertiary/aromatic N) is 2. The molecular formula is C19H31N3O4S. The van der Waals surface area contributed by atoms with Crippen LogP contribution in [0.25, 0.3) is 0 Å². The van der Waals surface area contributed by atoms with Gasteiger partial charge < -0.3 is 15.0 Å². The van der Waals surface area contributed by atoms with E-state index in [1.807, 2.05) is 0 Å². The first-order valence-corrected chi connectivity index (χ1v) is 11.0. The van der Waals surface area contributed by atoms with Gasteiger partial charge in [-0.15, -0.1) is 0 Å². The Kier molecular flexibility index (Phi) is 8.22. The molecular weight excluding hydrogens is 366 g/mol. The molecule has 1 heterocycles. The molecule has 0 spiro atoms. The van der Waals surface area contributed by atoms with Gasteiger partial charge in [-0.05, 0) is 36.7 Å². The van der Waals surface area contributed by atoms with Gasteiger partial charge in [0.25, 0.3) is 0 Å². The molecule has 7 nitrogen and oxygen atoms in total. The predicted molar refractivity (Wildman–Crippen MR) is 106 cm³/mol. The van der Waals surface area contributed by atoms with E-state index < -0.39 is 10.0 Å². The Balaban J connectivity index is 1.87. The molecule has 27 heavy (non-hydrogen) atoms. The van der Waals surface area contributed by atoms with Crippen LogP contribution >= 0.6 is 0 Å². The Bertz CT molecular complexity index is 696. The van der Waals surface area contributed by atoms with E-state index in [-0.39, 0.29) is 17.2 Å². The number of hydrogen-bond donors (Lipinski definition) is 1. The van der Waals surface area contributed by atoms with Crippen LogP contribution in [-0.4, -0.2) is 69.5 Å². The molecule has 0 bridgehead atoms. The summed E-state index contributed by atoms with van der Waals surface area (Å²) in [6, 6.07) is 6.35. The van der Waals surface area contributed by atoms with Gasteiger partial charge in [-0.3, -0.25) is 4.79 Å². The third kappa shape index (κ3) is 6.57. The Morgan fingerprint density at radius 1 is 1.15 bits per heavy atom. The highest BCUT2D eigenvalue weighted by molar-refractivity contribution is 7.89. The maximum Gasteiger partial charge on any atom is 0.243 e. The summed E-state index contributed by atoms with van der Waals surface area (Å²) < 4.78 is 32.4. The lowest BCUT2D eigenvalue weighted by Gasteiger charge is -2.33. The summed E-state index contributed by atoms with van der Waals surface area (Å²) in [5.74, 6) is 0.289. The monoisotopic (exact) mass is 397 g/mol. The van der Waals surface area contributed by atoms with E-state index in [9.17, 15) is 13.2 Å². The van der Waals surface area contributed by atoms with Crippen molar-refractivity contribution >= 4 is 21.6 Å².